The number of ketones is 1. The SMILES string of the molecule is Cc1ccc(C(=O)Cc2no[nH]c2=O)cc1. The first kappa shape index (κ1) is 10.4. The molecule has 0 radical (unpaired) electrons. The Morgan fingerprint density at radius 3 is 2.62 bits per heavy atom. The molecule has 0 fully saturated rings. The molecule has 0 bridgehead atoms. The van der Waals surface area contributed by atoms with Crippen molar-refractivity contribution >= 4 is 5.78 Å². The summed E-state index contributed by atoms with van der Waals surface area (Å²) < 4.78 is 4.36. The number of benzene rings is 1. The van der Waals surface area contributed by atoms with E-state index in [1.807, 2.05) is 24.2 Å². The second-order valence-corrected chi connectivity index (χ2v) is 3.53. The summed E-state index contributed by atoms with van der Waals surface area (Å²) in [4.78, 5) is 22.8. The summed E-state index contributed by atoms with van der Waals surface area (Å²) in [7, 11) is 0. The first-order valence-electron chi connectivity index (χ1n) is 4.80. The minimum atomic E-state index is -0.458. The molecule has 82 valence electrons. The molecule has 0 aliphatic carbocycles. The number of nitrogens with one attached hydrogen (secondary N) is 1. The van der Waals surface area contributed by atoms with E-state index in [0.717, 1.165) is 5.56 Å². The van der Waals surface area contributed by atoms with Crippen molar-refractivity contribution in [3.8, 4) is 0 Å². The van der Waals surface area contributed by atoms with E-state index in [4.69, 9.17) is 0 Å². The molecular formula is C11H10N2O3. The van der Waals surface area contributed by atoms with Crippen LogP contribution in [0.25, 0.3) is 0 Å². The number of carbonyl (C=O) groups excluding carboxylic acids is 1. The van der Waals surface area contributed by atoms with Gasteiger partial charge in [0.1, 0.15) is 0 Å². The zero-order valence-corrected chi connectivity index (χ0v) is 8.69. The van der Waals surface area contributed by atoms with Gasteiger partial charge in [-0.05, 0) is 6.92 Å². The maximum absolute atomic E-state index is 11.7. The van der Waals surface area contributed by atoms with Crippen molar-refractivity contribution in [2.24, 2.45) is 0 Å². The highest BCUT2D eigenvalue weighted by molar-refractivity contribution is 5.97. The number of H-pyrrole nitrogens is 1. The van der Waals surface area contributed by atoms with E-state index in [-0.39, 0.29) is 17.9 Å². The number of hydrogen-bond donors (Lipinski definition) is 1. The normalized spacial score (nSPS) is 10.3. The van der Waals surface area contributed by atoms with Gasteiger partial charge in [-0.2, -0.15) is 5.16 Å². The molecule has 0 spiro atoms. The lowest BCUT2D eigenvalue weighted by molar-refractivity contribution is 0.0990. The third-order valence-corrected chi connectivity index (χ3v) is 2.26. The van der Waals surface area contributed by atoms with Gasteiger partial charge >= 0.3 is 5.56 Å². The Morgan fingerprint density at radius 1 is 1.38 bits per heavy atom. The van der Waals surface area contributed by atoms with Crippen LogP contribution < -0.4 is 5.56 Å². The minimum Gasteiger partial charge on any atom is -0.294 e. The number of Topliss-reactive ketones (excluding diaryl/α,β-unsaturated/α-hetero) is 1. The van der Waals surface area contributed by atoms with E-state index in [2.05, 4.69) is 9.79 Å². The molecule has 0 aliphatic heterocycles. The highest BCUT2D eigenvalue weighted by atomic mass is 16.6. The number of hydrogen-bond acceptors (Lipinski definition) is 4. The topological polar surface area (TPSA) is 76.0 Å². The monoisotopic (exact) mass is 218 g/mol. The first-order chi connectivity index (χ1) is 7.66. The van der Waals surface area contributed by atoms with Crippen LogP contribution in [0.4, 0.5) is 0 Å². The van der Waals surface area contributed by atoms with E-state index in [9.17, 15) is 9.59 Å². The van der Waals surface area contributed by atoms with Gasteiger partial charge in [-0.15, -0.1) is 0 Å². The van der Waals surface area contributed by atoms with Crippen molar-refractivity contribution in [1.82, 2.24) is 10.3 Å². The summed E-state index contributed by atoms with van der Waals surface area (Å²) in [5.74, 6) is -0.153. The van der Waals surface area contributed by atoms with Crippen LogP contribution in [0.5, 0.6) is 0 Å². The maximum Gasteiger partial charge on any atom is 0.304 e. The summed E-state index contributed by atoms with van der Waals surface area (Å²) in [6, 6.07) is 7.15. The summed E-state index contributed by atoms with van der Waals surface area (Å²) >= 11 is 0. The maximum atomic E-state index is 11.7. The lowest BCUT2D eigenvalue weighted by atomic mass is 10.1. The average Bonchev–Trinajstić information content (AvgIpc) is 2.65. The number of rotatable bonds is 3. The fourth-order valence-corrected chi connectivity index (χ4v) is 1.33. The van der Waals surface area contributed by atoms with Crippen molar-refractivity contribution in [3.63, 3.8) is 0 Å². The lowest BCUT2D eigenvalue weighted by Gasteiger charge is -1.98. The van der Waals surface area contributed by atoms with Crippen molar-refractivity contribution < 1.29 is 9.42 Å². The van der Waals surface area contributed by atoms with Crippen molar-refractivity contribution in [3.05, 3.63) is 51.4 Å². The minimum absolute atomic E-state index is 0.0467. The van der Waals surface area contributed by atoms with Gasteiger partial charge in [-0.25, -0.2) is 0 Å². The molecule has 2 rings (SSSR count). The zero-order valence-electron chi connectivity index (χ0n) is 8.69. The third kappa shape index (κ3) is 2.08. The lowest BCUT2D eigenvalue weighted by Crippen LogP contribution is -2.12. The zero-order chi connectivity index (χ0) is 11.5. The van der Waals surface area contributed by atoms with Gasteiger partial charge in [0.05, 0.1) is 6.42 Å². The van der Waals surface area contributed by atoms with Gasteiger partial charge in [-0.1, -0.05) is 35.0 Å². The van der Waals surface area contributed by atoms with Crippen molar-refractivity contribution in [2.45, 2.75) is 13.3 Å². The molecule has 1 heterocycles. The van der Waals surface area contributed by atoms with Gasteiger partial charge in [0.2, 0.25) is 0 Å². The molecule has 1 aromatic heterocycles. The molecule has 5 heteroatoms. The van der Waals surface area contributed by atoms with Crippen molar-refractivity contribution in [2.75, 3.05) is 0 Å². The van der Waals surface area contributed by atoms with E-state index in [0.29, 0.717) is 5.56 Å². The highest BCUT2D eigenvalue weighted by Gasteiger charge is 2.12. The average molecular weight is 218 g/mol. The van der Waals surface area contributed by atoms with Gasteiger partial charge in [-0.3, -0.25) is 14.2 Å². The molecule has 0 aliphatic rings. The molecule has 16 heavy (non-hydrogen) atoms. The van der Waals surface area contributed by atoms with Crippen LogP contribution in [0, 0.1) is 6.92 Å². The molecule has 5 nitrogen and oxygen atoms in total. The molecule has 0 unspecified atom stereocenters. The predicted octanol–water partition coefficient (Wildman–Crippen LogP) is 1.10. The number of carbonyl (C=O) groups is 1. The second kappa shape index (κ2) is 4.14. The quantitative estimate of drug-likeness (QED) is 0.782. The Bertz CT molecular complexity index is 551. The fourth-order valence-electron chi connectivity index (χ4n) is 1.33. The highest BCUT2D eigenvalue weighted by Crippen LogP contribution is 2.06. The number of aromatic amines is 1. The molecule has 0 atom stereocenters. The third-order valence-electron chi connectivity index (χ3n) is 2.26. The predicted molar refractivity (Wildman–Crippen MR) is 56.3 cm³/mol. The molecular weight excluding hydrogens is 208 g/mol. The van der Waals surface area contributed by atoms with Crippen LogP contribution >= 0.6 is 0 Å². The van der Waals surface area contributed by atoms with Crippen LogP contribution in [0.1, 0.15) is 21.6 Å². The van der Waals surface area contributed by atoms with Gasteiger partial charge in [0.15, 0.2) is 11.5 Å². The molecule has 0 saturated heterocycles. The van der Waals surface area contributed by atoms with Crippen LogP contribution in [0.3, 0.4) is 0 Å². The first-order valence-corrected chi connectivity index (χ1v) is 4.80. The number of nitrogens with zero attached hydrogens (tertiary/aromatic N) is 1. The van der Waals surface area contributed by atoms with E-state index in [1.165, 1.54) is 0 Å². The Labute approximate surface area is 91.0 Å². The molecule has 2 aromatic rings. The summed E-state index contributed by atoms with van der Waals surface area (Å²) in [6.45, 7) is 1.94. The standard InChI is InChI=1S/C11H10N2O3/c1-7-2-4-8(5-3-7)10(14)6-9-11(15)13-16-12-9/h2-5H,6H2,1H3,(H,13,15). The largest absolute Gasteiger partial charge is 0.304 e. The van der Waals surface area contributed by atoms with E-state index >= 15 is 0 Å². The van der Waals surface area contributed by atoms with Gasteiger partial charge in [0, 0.05) is 5.56 Å². The van der Waals surface area contributed by atoms with Gasteiger partial charge in [0.25, 0.3) is 0 Å². The van der Waals surface area contributed by atoms with Gasteiger partial charge < -0.3 is 0 Å². The summed E-state index contributed by atoms with van der Waals surface area (Å²) in [6.07, 6.45) is -0.0467. The van der Waals surface area contributed by atoms with Crippen molar-refractivity contribution in [1.29, 1.82) is 0 Å². The van der Waals surface area contributed by atoms with E-state index < -0.39 is 5.56 Å². The smallest absolute Gasteiger partial charge is 0.294 e. The van der Waals surface area contributed by atoms with E-state index in [1.54, 1.807) is 12.1 Å². The Hall–Kier alpha value is -2.17. The van der Waals surface area contributed by atoms with Crippen LogP contribution in [-0.2, 0) is 6.42 Å². The van der Waals surface area contributed by atoms with Crippen LogP contribution in [0.15, 0.2) is 33.7 Å². The number of aryl methyl sites for hydroxylation is 1. The molecule has 1 N–H and O–H groups in total. The molecule has 0 saturated carbocycles. The molecule has 1 aromatic carbocycles. The second-order valence-electron chi connectivity index (χ2n) is 3.53. The Kier molecular flexibility index (Phi) is 2.68. The summed E-state index contributed by atoms with van der Waals surface area (Å²) in [5.41, 5.74) is 1.29. The Morgan fingerprint density at radius 2 is 2.06 bits per heavy atom. The fraction of sp³-hybridized carbons (Fsp3) is 0.182. The Balaban J connectivity index is 2.18. The van der Waals surface area contributed by atoms with Crippen LogP contribution in [0.2, 0.25) is 0 Å². The summed E-state index contributed by atoms with van der Waals surface area (Å²) in [5, 5.41) is 5.48. The number of aromatic nitrogens is 2. The molecule has 0 amide bonds. The van der Waals surface area contributed by atoms with Crippen LogP contribution in [-0.4, -0.2) is 16.1 Å².